The van der Waals surface area contributed by atoms with Gasteiger partial charge in [-0.1, -0.05) is 36.4 Å². The highest BCUT2D eigenvalue weighted by Crippen LogP contribution is 2.21. The summed E-state index contributed by atoms with van der Waals surface area (Å²) in [7, 11) is 0. The monoisotopic (exact) mass is 375 g/mol. The second-order valence-electron chi connectivity index (χ2n) is 5.76. The second-order valence-corrected chi connectivity index (χ2v) is 6.64. The van der Waals surface area contributed by atoms with Gasteiger partial charge in [-0.05, 0) is 61.7 Å². The van der Waals surface area contributed by atoms with Crippen molar-refractivity contribution < 1.29 is 9.47 Å². The van der Waals surface area contributed by atoms with Gasteiger partial charge in [0.25, 0.3) is 0 Å². The third kappa shape index (κ3) is 5.76. The topological polar surface area (TPSA) is 30.8 Å². The molecule has 0 saturated carbocycles. The largest absolute Gasteiger partial charge is 0.465 e. The SMILES string of the molecule is CSc1ccc(OC(=Nc2ccccc2)/C(C)=C/Oc2ccccc2)cc1. The van der Waals surface area contributed by atoms with Crippen LogP contribution >= 0.6 is 11.8 Å². The minimum Gasteiger partial charge on any atom is -0.465 e. The molecule has 3 aromatic carbocycles. The zero-order valence-corrected chi connectivity index (χ0v) is 16.1. The first-order valence-electron chi connectivity index (χ1n) is 8.59. The van der Waals surface area contributed by atoms with Crippen molar-refractivity contribution in [3.05, 3.63) is 96.8 Å². The molecule has 27 heavy (non-hydrogen) atoms. The zero-order chi connectivity index (χ0) is 18.9. The minimum atomic E-state index is 0.494. The van der Waals surface area contributed by atoms with Gasteiger partial charge in [-0.3, -0.25) is 0 Å². The molecular weight excluding hydrogens is 354 g/mol. The van der Waals surface area contributed by atoms with Gasteiger partial charge in [0.05, 0.1) is 11.9 Å². The third-order valence-corrected chi connectivity index (χ3v) is 4.46. The van der Waals surface area contributed by atoms with E-state index in [4.69, 9.17) is 9.47 Å². The molecule has 0 spiro atoms. The Kier molecular flexibility index (Phi) is 6.72. The van der Waals surface area contributed by atoms with Crippen LogP contribution in [0, 0.1) is 0 Å². The summed E-state index contributed by atoms with van der Waals surface area (Å²) in [6.45, 7) is 1.92. The highest BCUT2D eigenvalue weighted by Gasteiger charge is 2.08. The third-order valence-electron chi connectivity index (χ3n) is 3.71. The van der Waals surface area contributed by atoms with Crippen molar-refractivity contribution in [3.63, 3.8) is 0 Å². The van der Waals surface area contributed by atoms with Crippen molar-refractivity contribution in [2.75, 3.05) is 6.26 Å². The van der Waals surface area contributed by atoms with E-state index in [-0.39, 0.29) is 0 Å². The molecular formula is C23H21NO2S. The summed E-state index contributed by atoms with van der Waals surface area (Å²) in [6, 6.07) is 27.3. The van der Waals surface area contributed by atoms with Gasteiger partial charge in [-0.2, -0.15) is 0 Å². The molecule has 0 heterocycles. The highest BCUT2D eigenvalue weighted by molar-refractivity contribution is 7.98. The average molecular weight is 375 g/mol. The molecule has 4 heteroatoms. The predicted octanol–water partition coefficient (Wildman–Crippen LogP) is 6.50. The van der Waals surface area contributed by atoms with Crippen LogP contribution in [-0.2, 0) is 0 Å². The lowest BCUT2D eigenvalue weighted by molar-refractivity contribution is 0.473. The number of rotatable bonds is 6. The molecule has 0 amide bonds. The Morgan fingerprint density at radius 1 is 0.815 bits per heavy atom. The van der Waals surface area contributed by atoms with Crippen molar-refractivity contribution in [1.29, 1.82) is 0 Å². The molecule has 0 aliphatic carbocycles. The zero-order valence-electron chi connectivity index (χ0n) is 15.3. The van der Waals surface area contributed by atoms with Crippen LogP contribution in [0.3, 0.4) is 0 Å². The van der Waals surface area contributed by atoms with Crippen molar-refractivity contribution in [1.82, 2.24) is 0 Å². The first-order valence-corrected chi connectivity index (χ1v) is 9.81. The summed E-state index contributed by atoms with van der Waals surface area (Å²) in [5, 5.41) is 0. The Morgan fingerprint density at radius 3 is 2.07 bits per heavy atom. The smallest absolute Gasteiger partial charge is 0.225 e. The van der Waals surface area contributed by atoms with Gasteiger partial charge in [0.2, 0.25) is 5.90 Å². The van der Waals surface area contributed by atoms with E-state index >= 15 is 0 Å². The summed E-state index contributed by atoms with van der Waals surface area (Å²) >= 11 is 1.69. The lowest BCUT2D eigenvalue weighted by Gasteiger charge is -2.10. The lowest BCUT2D eigenvalue weighted by atomic mass is 10.3. The Bertz CT molecular complexity index is 904. The maximum Gasteiger partial charge on any atom is 0.225 e. The van der Waals surface area contributed by atoms with Crippen LogP contribution in [0.4, 0.5) is 5.69 Å². The van der Waals surface area contributed by atoms with Crippen molar-refractivity contribution in [2.45, 2.75) is 11.8 Å². The van der Waals surface area contributed by atoms with Crippen LogP contribution in [0.2, 0.25) is 0 Å². The lowest BCUT2D eigenvalue weighted by Crippen LogP contribution is -2.10. The number of aliphatic imine (C=N–C) groups is 1. The van der Waals surface area contributed by atoms with E-state index in [1.165, 1.54) is 4.90 Å². The maximum atomic E-state index is 6.06. The fourth-order valence-electron chi connectivity index (χ4n) is 2.27. The maximum absolute atomic E-state index is 6.06. The molecule has 0 fully saturated rings. The van der Waals surface area contributed by atoms with E-state index in [9.17, 15) is 0 Å². The standard InChI is InChI=1S/C23H21NO2S/c1-18(17-25-20-11-7-4-8-12-20)23(24-19-9-5-3-6-10-19)26-21-13-15-22(27-2)16-14-21/h3-17H,1-2H3/b18-17+,24-23?. The molecule has 0 radical (unpaired) electrons. The Labute approximate surface area is 164 Å². The summed E-state index contributed by atoms with van der Waals surface area (Å²) in [4.78, 5) is 5.83. The van der Waals surface area contributed by atoms with E-state index in [1.807, 2.05) is 98.1 Å². The first kappa shape index (κ1) is 18.8. The van der Waals surface area contributed by atoms with E-state index in [1.54, 1.807) is 18.0 Å². The second kappa shape index (κ2) is 9.64. The van der Waals surface area contributed by atoms with Gasteiger partial charge >= 0.3 is 0 Å². The number of benzene rings is 3. The van der Waals surface area contributed by atoms with Crippen LogP contribution in [0.5, 0.6) is 11.5 Å². The van der Waals surface area contributed by atoms with Crippen molar-refractivity contribution >= 4 is 23.3 Å². The van der Waals surface area contributed by atoms with Crippen LogP contribution < -0.4 is 9.47 Å². The quantitative estimate of drug-likeness (QED) is 0.213. The number of thioether (sulfide) groups is 1. The number of hydrogen-bond donors (Lipinski definition) is 0. The summed E-state index contributed by atoms with van der Waals surface area (Å²) in [6.07, 6.45) is 3.71. The molecule has 0 aliphatic heterocycles. The van der Waals surface area contributed by atoms with E-state index < -0.39 is 0 Å². The van der Waals surface area contributed by atoms with E-state index in [2.05, 4.69) is 4.99 Å². The fraction of sp³-hybridized carbons (Fsp3) is 0.0870. The molecule has 3 nitrogen and oxygen atoms in total. The first-order chi connectivity index (χ1) is 13.2. The highest BCUT2D eigenvalue weighted by atomic mass is 32.2. The van der Waals surface area contributed by atoms with Gasteiger partial charge in [0, 0.05) is 10.5 Å². The van der Waals surface area contributed by atoms with Crippen LogP contribution in [0.15, 0.2) is 107 Å². The van der Waals surface area contributed by atoms with Crippen LogP contribution in [-0.4, -0.2) is 12.2 Å². The molecule has 0 unspecified atom stereocenters. The van der Waals surface area contributed by atoms with Crippen molar-refractivity contribution in [2.24, 2.45) is 4.99 Å². The molecule has 0 saturated heterocycles. The molecule has 0 N–H and O–H groups in total. The van der Waals surface area contributed by atoms with Gasteiger partial charge in [-0.15, -0.1) is 11.8 Å². The van der Waals surface area contributed by atoms with Crippen LogP contribution in [0.25, 0.3) is 0 Å². The minimum absolute atomic E-state index is 0.494. The molecule has 136 valence electrons. The fourth-order valence-corrected chi connectivity index (χ4v) is 2.68. The number of nitrogens with zero attached hydrogens (tertiary/aromatic N) is 1. The number of hydrogen-bond acceptors (Lipinski definition) is 4. The average Bonchev–Trinajstić information content (AvgIpc) is 2.73. The van der Waals surface area contributed by atoms with E-state index in [0.29, 0.717) is 5.90 Å². The number of para-hydroxylation sites is 2. The molecule has 0 aliphatic rings. The summed E-state index contributed by atoms with van der Waals surface area (Å²) in [5.41, 5.74) is 1.61. The van der Waals surface area contributed by atoms with Gasteiger partial charge in [-0.25, -0.2) is 4.99 Å². The van der Waals surface area contributed by atoms with Gasteiger partial charge in [0.15, 0.2) is 0 Å². The molecule has 0 aromatic heterocycles. The Balaban J connectivity index is 1.85. The Morgan fingerprint density at radius 2 is 1.44 bits per heavy atom. The van der Waals surface area contributed by atoms with Gasteiger partial charge < -0.3 is 9.47 Å². The number of ether oxygens (including phenoxy) is 2. The Hall–Kier alpha value is -2.98. The normalized spacial score (nSPS) is 11.9. The van der Waals surface area contributed by atoms with E-state index in [0.717, 1.165) is 22.8 Å². The predicted molar refractivity (Wildman–Crippen MR) is 113 cm³/mol. The molecule has 0 atom stereocenters. The summed E-state index contributed by atoms with van der Waals surface area (Å²) in [5.74, 6) is 1.99. The van der Waals surface area contributed by atoms with Gasteiger partial charge in [0.1, 0.15) is 11.5 Å². The molecule has 3 rings (SSSR count). The molecule has 0 bridgehead atoms. The van der Waals surface area contributed by atoms with Crippen molar-refractivity contribution in [3.8, 4) is 11.5 Å². The van der Waals surface area contributed by atoms with Crippen LogP contribution in [0.1, 0.15) is 6.92 Å². The molecule has 3 aromatic rings. The summed E-state index contributed by atoms with van der Waals surface area (Å²) < 4.78 is 11.8.